The lowest BCUT2D eigenvalue weighted by molar-refractivity contribution is 0.0389. The lowest BCUT2D eigenvalue weighted by Gasteiger charge is -2.07. The van der Waals surface area contributed by atoms with E-state index < -0.39 is 0 Å². The van der Waals surface area contributed by atoms with Crippen molar-refractivity contribution in [1.29, 1.82) is 0 Å². The topological polar surface area (TPSA) is 30.5 Å². The predicted molar refractivity (Wildman–Crippen MR) is 55.0 cm³/mol. The third kappa shape index (κ3) is 11.9. The van der Waals surface area contributed by atoms with Crippen LogP contribution in [0.3, 0.4) is 0 Å². The molecule has 0 radical (unpaired) electrons. The number of hydrogen-bond donors (Lipinski definition) is 1. The summed E-state index contributed by atoms with van der Waals surface area (Å²) in [5, 5.41) is 3.19. The van der Waals surface area contributed by atoms with E-state index in [9.17, 15) is 0 Å². The molecule has 0 aliphatic heterocycles. The predicted octanol–water partition coefficient (Wildman–Crippen LogP) is 1.29. The molecule has 0 rings (SSSR count). The molecule has 0 heterocycles. The van der Waals surface area contributed by atoms with Crippen LogP contribution in [0.5, 0.6) is 0 Å². The molecular formula is C10H23NO2. The van der Waals surface area contributed by atoms with E-state index in [-0.39, 0.29) is 0 Å². The number of likely N-dealkylation sites (N-methyl/N-ethyl adjacent to an activating group) is 1. The molecule has 3 heteroatoms. The number of hydrogen-bond acceptors (Lipinski definition) is 3. The summed E-state index contributed by atoms with van der Waals surface area (Å²) in [4.78, 5) is 0. The molecule has 1 N–H and O–H groups in total. The first kappa shape index (κ1) is 12.9. The zero-order valence-corrected chi connectivity index (χ0v) is 9.14. The number of ether oxygens (including phenoxy) is 2. The molecule has 13 heavy (non-hydrogen) atoms. The van der Waals surface area contributed by atoms with Gasteiger partial charge in [0, 0.05) is 13.2 Å². The van der Waals surface area contributed by atoms with E-state index in [4.69, 9.17) is 9.47 Å². The van der Waals surface area contributed by atoms with Gasteiger partial charge in [-0.2, -0.15) is 0 Å². The van der Waals surface area contributed by atoms with E-state index in [0.717, 1.165) is 26.3 Å². The summed E-state index contributed by atoms with van der Waals surface area (Å²) in [5.41, 5.74) is 0. The van der Waals surface area contributed by atoms with Gasteiger partial charge in [-0.1, -0.05) is 20.8 Å². The molecule has 0 aliphatic rings. The summed E-state index contributed by atoms with van der Waals surface area (Å²) < 4.78 is 10.7. The van der Waals surface area contributed by atoms with E-state index in [1.165, 1.54) is 0 Å². The maximum absolute atomic E-state index is 5.36. The van der Waals surface area contributed by atoms with Crippen molar-refractivity contribution in [3.8, 4) is 0 Å². The summed E-state index contributed by atoms with van der Waals surface area (Å²) in [6.07, 6.45) is 0. The average molecular weight is 189 g/mol. The van der Waals surface area contributed by atoms with Gasteiger partial charge in [0.1, 0.15) is 0 Å². The van der Waals surface area contributed by atoms with Crippen LogP contribution in [-0.4, -0.2) is 39.5 Å². The Labute approximate surface area is 81.8 Å². The lowest BCUT2D eigenvalue weighted by atomic mass is 10.2. The van der Waals surface area contributed by atoms with Crippen molar-refractivity contribution in [1.82, 2.24) is 5.32 Å². The standard InChI is InChI=1S/C10H23NO2/c1-4-11-5-6-12-7-8-13-9-10(2)3/h10-11H,4-9H2,1-3H3. The summed E-state index contributed by atoms with van der Waals surface area (Å²) in [6.45, 7) is 11.3. The second-order valence-corrected chi connectivity index (χ2v) is 3.43. The molecule has 0 fully saturated rings. The highest BCUT2D eigenvalue weighted by molar-refractivity contribution is 4.41. The van der Waals surface area contributed by atoms with Gasteiger partial charge in [0.25, 0.3) is 0 Å². The second-order valence-electron chi connectivity index (χ2n) is 3.43. The minimum Gasteiger partial charge on any atom is -0.379 e. The van der Waals surface area contributed by atoms with Gasteiger partial charge in [0.2, 0.25) is 0 Å². The molecule has 0 aromatic carbocycles. The van der Waals surface area contributed by atoms with E-state index in [1.807, 2.05) is 0 Å². The van der Waals surface area contributed by atoms with Crippen LogP contribution in [0.2, 0.25) is 0 Å². The first-order valence-corrected chi connectivity index (χ1v) is 5.13. The molecule has 0 unspecified atom stereocenters. The monoisotopic (exact) mass is 189 g/mol. The van der Waals surface area contributed by atoms with Crippen LogP contribution in [0.1, 0.15) is 20.8 Å². The Kier molecular flexibility index (Phi) is 9.87. The summed E-state index contributed by atoms with van der Waals surface area (Å²) >= 11 is 0. The highest BCUT2D eigenvalue weighted by Gasteiger charge is 1.93. The van der Waals surface area contributed by atoms with Gasteiger partial charge in [-0.25, -0.2) is 0 Å². The van der Waals surface area contributed by atoms with Crippen LogP contribution in [0.25, 0.3) is 0 Å². The van der Waals surface area contributed by atoms with Gasteiger partial charge >= 0.3 is 0 Å². The van der Waals surface area contributed by atoms with Gasteiger partial charge < -0.3 is 14.8 Å². The Bertz CT molecular complexity index is 96.9. The van der Waals surface area contributed by atoms with E-state index in [0.29, 0.717) is 19.1 Å². The van der Waals surface area contributed by atoms with E-state index in [1.54, 1.807) is 0 Å². The fourth-order valence-electron chi connectivity index (χ4n) is 0.860. The Morgan fingerprint density at radius 2 is 1.77 bits per heavy atom. The van der Waals surface area contributed by atoms with Crippen molar-refractivity contribution in [3.63, 3.8) is 0 Å². The molecular weight excluding hydrogens is 166 g/mol. The SMILES string of the molecule is CCNCCOCCOCC(C)C. The van der Waals surface area contributed by atoms with Crippen LogP contribution in [0, 0.1) is 5.92 Å². The van der Waals surface area contributed by atoms with Crippen LogP contribution < -0.4 is 5.32 Å². The van der Waals surface area contributed by atoms with Crippen molar-refractivity contribution in [3.05, 3.63) is 0 Å². The largest absolute Gasteiger partial charge is 0.379 e. The maximum Gasteiger partial charge on any atom is 0.0701 e. The van der Waals surface area contributed by atoms with Crippen LogP contribution >= 0.6 is 0 Å². The fourth-order valence-corrected chi connectivity index (χ4v) is 0.860. The molecule has 3 nitrogen and oxygen atoms in total. The normalized spacial score (nSPS) is 11.1. The minimum atomic E-state index is 0.613. The van der Waals surface area contributed by atoms with Gasteiger partial charge in [0.05, 0.1) is 19.8 Å². The first-order chi connectivity index (χ1) is 6.27. The second kappa shape index (κ2) is 9.96. The van der Waals surface area contributed by atoms with Gasteiger partial charge in [-0.15, -0.1) is 0 Å². The zero-order chi connectivity index (χ0) is 9.94. The van der Waals surface area contributed by atoms with E-state index in [2.05, 4.69) is 26.1 Å². The molecule has 0 saturated heterocycles. The Balaban J connectivity index is 2.84. The Morgan fingerprint density at radius 3 is 2.38 bits per heavy atom. The fraction of sp³-hybridized carbons (Fsp3) is 1.00. The van der Waals surface area contributed by atoms with E-state index >= 15 is 0 Å². The highest BCUT2D eigenvalue weighted by Crippen LogP contribution is 1.91. The van der Waals surface area contributed by atoms with Crippen LogP contribution in [0.15, 0.2) is 0 Å². The van der Waals surface area contributed by atoms with Crippen molar-refractivity contribution in [2.24, 2.45) is 5.92 Å². The summed E-state index contributed by atoms with van der Waals surface area (Å²) in [7, 11) is 0. The summed E-state index contributed by atoms with van der Waals surface area (Å²) in [5.74, 6) is 0.613. The third-order valence-electron chi connectivity index (χ3n) is 1.50. The summed E-state index contributed by atoms with van der Waals surface area (Å²) in [6, 6.07) is 0. The van der Waals surface area contributed by atoms with Crippen molar-refractivity contribution >= 4 is 0 Å². The molecule has 0 spiro atoms. The number of rotatable bonds is 9. The third-order valence-corrected chi connectivity index (χ3v) is 1.50. The molecule has 0 bridgehead atoms. The van der Waals surface area contributed by atoms with Gasteiger partial charge in [0.15, 0.2) is 0 Å². The van der Waals surface area contributed by atoms with Gasteiger partial charge in [-0.3, -0.25) is 0 Å². The average Bonchev–Trinajstić information content (AvgIpc) is 2.09. The molecule has 0 saturated carbocycles. The first-order valence-electron chi connectivity index (χ1n) is 5.13. The molecule has 0 aromatic heterocycles. The number of nitrogens with one attached hydrogen (secondary N) is 1. The van der Waals surface area contributed by atoms with Crippen LogP contribution in [-0.2, 0) is 9.47 Å². The molecule has 0 atom stereocenters. The van der Waals surface area contributed by atoms with Gasteiger partial charge in [-0.05, 0) is 12.5 Å². The van der Waals surface area contributed by atoms with Crippen molar-refractivity contribution < 1.29 is 9.47 Å². The van der Waals surface area contributed by atoms with Crippen molar-refractivity contribution in [2.45, 2.75) is 20.8 Å². The Hall–Kier alpha value is -0.120. The van der Waals surface area contributed by atoms with Crippen molar-refractivity contribution in [2.75, 3.05) is 39.5 Å². The molecule has 0 aromatic rings. The maximum atomic E-state index is 5.36. The smallest absolute Gasteiger partial charge is 0.0701 e. The lowest BCUT2D eigenvalue weighted by Crippen LogP contribution is -2.20. The highest BCUT2D eigenvalue weighted by atomic mass is 16.5. The molecule has 80 valence electrons. The van der Waals surface area contributed by atoms with Crippen LogP contribution in [0.4, 0.5) is 0 Å². The Morgan fingerprint density at radius 1 is 1.08 bits per heavy atom. The zero-order valence-electron chi connectivity index (χ0n) is 9.14. The molecule has 0 amide bonds. The molecule has 0 aliphatic carbocycles. The minimum absolute atomic E-state index is 0.613. The quantitative estimate of drug-likeness (QED) is 0.554.